The number of aromatic nitrogens is 1. The number of carbonyl (C=O) groups is 1. The second-order valence-electron chi connectivity index (χ2n) is 4.26. The van der Waals surface area contributed by atoms with Crippen LogP contribution in [0.2, 0.25) is 0 Å². The summed E-state index contributed by atoms with van der Waals surface area (Å²) < 4.78 is 0. The van der Waals surface area contributed by atoms with Crippen molar-refractivity contribution in [1.82, 2.24) is 10.3 Å². The summed E-state index contributed by atoms with van der Waals surface area (Å²) in [6, 6.07) is 3.55. The van der Waals surface area contributed by atoms with Crippen LogP contribution in [0.15, 0.2) is 23.4 Å². The molecule has 1 amide bonds. The van der Waals surface area contributed by atoms with Crippen molar-refractivity contribution in [2.45, 2.75) is 24.0 Å². The average Bonchev–Trinajstić information content (AvgIpc) is 2.32. The predicted octanol–water partition coefficient (Wildman–Crippen LogP) is 1.30. The van der Waals surface area contributed by atoms with E-state index < -0.39 is 0 Å². The summed E-state index contributed by atoms with van der Waals surface area (Å²) in [5, 5.41) is 12.8. The molecule has 1 aliphatic rings. The zero-order valence-corrected chi connectivity index (χ0v) is 10.5. The molecule has 0 saturated heterocycles. The fourth-order valence-corrected chi connectivity index (χ4v) is 2.47. The fourth-order valence-electron chi connectivity index (χ4n) is 1.93. The summed E-state index contributed by atoms with van der Waals surface area (Å²) in [4.78, 5) is 16.1. The van der Waals surface area contributed by atoms with Crippen molar-refractivity contribution >= 4 is 17.7 Å². The van der Waals surface area contributed by atoms with Gasteiger partial charge < -0.3 is 10.4 Å². The molecule has 1 aromatic rings. The molecule has 1 saturated carbocycles. The topological polar surface area (TPSA) is 62.2 Å². The van der Waals surface area contributed by atoms with Crippen LogP contribution < -0.4 is 5.32 Å². The molecule has 0 radical (unpaired) electrons. The van der Waals surface area contributed by atoms with Gasteiger partial charge in [0.25, 0.3) is 5.91 Å². The Labute approximate surface area is 105 Å². The quantitative estimate of drug-likeness (QED) is 0.793. The maximum absolute atomic E-state index is 11.9. The highest BCUT2D eigenvalue weighted by Crippen LogP contribution is 2.26. The lowest BCUT2D eigenvalue weighted by Crippen LogP contribution is -2.38. The van der Waals surface area contributed by atoms with Crippen molar-refractivity contribution in [3.8, 4) is 0 Å². The van der Waals surface area contributed by atoms with Gasteiger partial charge in [-0.3, -0.25) is 4.79 Å². The molecule has 1 aromatic heterocycles. The standard InChI is InChI=1S/C12H16N2O2S/c1-17-12-10(3-2-4-13-12)11(16)14-7-8-5-9(15)6-8/h2-4,8-9,15H,5-7H2,1H3,(H,14,16). The SMILES string of the molecule is CSc1ncccc1C(=O)NCC1CC(O)C1. The number of hydrogen-bond donors (Lipinski definition) is 2. The van der Waals surface area contributed by atoms with Gasteiger partial charge in [-0.05, 0) is 37.1 Å². The molecule has 2 N–H and O–H groups in total. The number of aliphatic hydroxyl groups excluding tert-OH is 1. The van der Waals surface area contributed by atoms with Crippen molar-refractivity contribution in [3.63, 3.8) is 0 Å². The Balaban J connectivity index is 1.90. The average molecular weight is 252 g/mol. The monoisotopic (exact) mass is 252 g/mol. The minimum Gasteiger partial charge on any atom is -0.393 e. The zero-order chi connectivity index (χ0) is 12.3. The van der Waals surface area contributed by atoms with Gasteiger partial charge in [0.05, 0.1) is 11.7 Å². The second kappa shape index (κ2) is 5.51. The van der Waals surface area contributed by atoms with E-state index in [0.29, 0.717) is 18.0 Å². The lowest BCUT2D eigenvalue weighted by Gasteiger charge is -2.31. The highest BCUT2D eigenvalue weighted by atomic mass is 32.2. The lowest BCUT2D eigenvalue weighted by molar-refractivity contribution is 0.0420. The van der Waals surface area contributed by atoms with Crippen LogP contribution in [0.3, 0.4) is 0 Å². The van der Waals surface area contributed by atoms with Crippen LogP contribution in [0.4, 0.5) is 0 Å². The van der Waals surface area contributed by atoms with E-state index in [0.717, 1.165) is 17.9 Å². The smallest absolute Gasteiger partial charge is 0.254 e. The number of thioether (sulfide) groups is 1. The number of nitrogens with zero attached hydrogens (tertiary/aromatic N) is 1. The minimum atomic E-state index is -0.169. The van der Waals surface area contributed by atoms with Crippen LogP contribution in [-0.2, 0) is 0 Å². The number of pyridine rings is 1. The van der Waals surface area contributed by atoms with Crippen molar-refractivity contribution in [1.29, 1.82) is 0 Å². The van der Waals surface area contributed by atoms with Gasteiger partial charge in [0, 0.05) is 12.7 Å². The van der Waals surface area contributed by atoms with E-state index in [1.54, 1.807) is 18.3 Å². The highest BCUT2D eigenvalue weighted by Gasteiger charge is 2.27. The van der Waals surface area contributed by atoms with E-state index in [4.69, 9.17) is 5.11 Å². The van der Waals surface area contributed by atoms with E-state index >= 15 is 0 Å². The third kappa shape index (κ3) is 2.98. The van der Waals surface area contributed by atoms with Gasteiger partial charge in [0.2, 0.25) is 0 Å². The number of nitrogens with one attached hydrogen (secondary N) is 1. The Morgan fingerprint density at radius 2 is 2.41 bits per heavy atom. The molecular formula is C12H16N2O2S. The molecule has 0 aromatic carbocycles. The Kier molecular flexibility index (Phi) is 4.02. The van der Waals surface area contributed by atoms with E-state index in [1.165, 1.54) is 11.8 Å². The van der Waals surface area contributed by atoms with Crippen molar-refractivity contribution in [3.05, 3.63) is 23.9 Å². The summed E-state index contributed by atoms with van der Waals surface area (Å²) in [5.41, 5.74) is 0.625. The first-order valence-corrected chi connectivity index (χ1v) is 6.88. The summed E-state index contributed by atoms with van der Waals surface area (Å²) in [6.07, 6.45) is 5.01. The van der Waals surface area contributed by atoms with Crippen molar-refractivity contribution in [2.24, 2.45) is 5.92 Å². The van der Waals surface area contributed by atoms with E-state index in [1.807, 2.05) is 6.26 Å². The van der Waals surface area contributed by atoms with Gasteiger partial charge in [0.15, 0.2) is 0 Å². The van der Waals surface area contributed by atoms with Crippen LogP contribution in [0.25, 0.3) is 0 Å². The maximum Gasteiger partial charge on any atom is 0.254 e. The Bertz CT molecular complexity index is 405. The molecule has 0 aliphatic heterocycles. The van der Waals surface area contributed by atoms with Crippen LogP contribution in [0, 0.1) is 5.92 Å². The molecule has 0 unspecified atom stereocenters. The lowest BCUT2D eigenvalue weighted by atomic mass is 9.82. The van der Waals surface area contributed by atoms with Gasteiger partial charge in [-0.15, -0.1) is 11.8 Å². The first-order valence-electron chi connectivity index (χ1n) is 5.66. The molecular weight excluding hydrogens is 236 g/mol. The normalized spacial score (nSPS) is 22.9. The first-order chi connectivity index (χ1) is 8.20. The third-order valence-corrected chi connectivity index (χ3v) is 3.68. The van der Waals surface area contributed by atoms with Crippen molar-refractivity contribution in [2.75, 3.05) is 12.8 Å². The Morgan fingerprint density at radius 3 is 3.06 bits per heavy atom. The summed E-state index contributed by atoms with van der Waals surface area (Å²) in [5.74, 6) is 0.340. The van der Waals surface area contributed by atoms with Crippen LogP contribution in [0.1, 0.15) is 23.2 Å². The zero-order valence-electron chi connectivity index (χ0n) is 9.72. The van der Waals surface area contributed by atoms with Crippen LogP contribution in [0.5, 0.6) is 0 Å². The van der Waals surface area contributed by atoms with Crippen LogP contribution >= 0.6 is 11.8 Å². The van der Waals surface area contributed by atoms with Gasteiger partial charge in [-0.2, -0.15) is 0 Å². The molecule has 0 atom stereocenters. The third-order valence-electron chi connectivity index (χ3n) is 2.97. The molecule has 1 fully saturated rings. The van der Waals surface area contributed by atoms with Gasteiger partial charge in [-0.25, -0.2) is 4.98 Å². The maximum atomic E-state index is 11.9. The number of rotatable bonds is 4. The summed E-state index contributed by atoms with van der Waals surface area (Å²) >= 11 is 1.47. The molecule has 0 bridgehead atoms. The van der Waals surface area contributed by atoms with Gasteiger partial charge in [-0.1, -0.05) is 0 Å². The number of hydrogen-bond acceptors (Lipinski definition) is 4. The molecule has 4 nitrogen and oxygen atoms in total. The molecule has 1 heterocycles. The summed E-state index contributed by atoms with van der Waals surface area (Å²) in [6.45, 7) is 0.638. The minimum absolute atomic E-state index is 0.0798. The van der Waals surface area contributed by atoms with E-state index in [2.05, 4.69) is 10.3 Å². The molecule has 5 heteroatoms. The molecule has 0 spiro atoms. The molecule has 1 aliphatic carbocycles. The largest absolute Gasteiger partial charge is 0.393 e. The predicted molar refractivity (Wildman–Crippen MR) is 67.1 cm³/mol. The number of amides is 1. The van der Waals surface area contributed by atoms with E-state index in [9.17, 15) is 4.79 Å². The second-order valence-corrected chi connectivity index (χ2v) is 5.06. The molecule has 2 rings (SSSR count). The fraction of sp³-hybridized carbons (Fsp3) is 0.500. The van der Waals surface area contributed by atoms with E-state index in [-0.39, 0.29) is 12.0 Å². The molecule has 92 valence electrons. The Hall–Kier alpha value is -1.07. The summed E-state index contributed by atoms with van der Waals surface area (Å²) in [7, 11) is 0. The van der Waals surface area contributed by atoms with Crippen molar-refractivity contribution < 1.29 is 9.90 Å². The van der Waals surface area contributed by atoms with Gasteiger partial charge in [0.1, 0.15) is 5.03 Å². The number of aliphatic hydroxyl groups is 1. The van der Waals surface area contributed by atoms with Crippen LogP contribution in [-0.4, -0.2) is 34.9 Å². The first kappa shape index (κ1) is 12.4. The Morgan fingerprint density at radius 1 is 1.65 bits per heavy atom. The molecule has 17 heavy (non-hydrogen) atoms. The highest BCUT2D eigenvalue weighted by molar-refractivity contribution is 7.98. The number of carbonyl (C=O) groups excluding carboxylic acids is 1. The van der Waals surface area contributed by atoms with Gasteiger partial charge >= 0.3 is 0 Å².